The van der Waals surface area contributed by atoms with Gasteiger partial charge in [0.2, 0.25) is 0 Å². The van der Waals surface area contributed by atoms with Crippen LogP contribution >= 0.6 is 0 Å². The SMILES string of the molecule is NCc1cc(O)c2ncccc2c1. The summed E-state index contributed by atoms with van der Waals surface area (Å²) in [5.74, 6) is 0.193. The van der Waals surface area contributed by atoms with Crippen LogP contribution in [0.4, 0.5) is 0 Å². The normalized spacial score (nSPS) is 10.5. The summed E-state index contributed by atoms with van der Waals surface area (Å²) in [5, 5.41) is 10.5. The molecule has 66 valence electrons. The quantitative estimate of drug-likeness (QED) is 0.687. The summed E-state index contributed by atoms with van der Waals surface area (Å²) >= 11 is 0. The molecule has 1 aromatic heterocycles. The first kappa shape index (κ1) is 8.01. The number of nitrogens with two attached hydrogens (primary N) is 1. The summed E-state index contributed by atoms with van der Waals surface area (Å²) in [7, 11) is 0. The molecule has 0 aliphatic heterocycles. The molecule has 3 heteroatoms. The molecule has 0 saturated carbocycles. The van der Waals surface area contributed by atoms with E-state index >= 15 is 0 Å². The Morgan fingerprint density at radius 3 is 3.00 bits per heavy atom. The molecule has 13 heavy (non-hydrogen) atoms. The second-order valence-electron chi connectivity index (χ2n) is 2.89. The number of aromatic nitrogens is 1. The molecule has 3 N–H and O–H groups in total. The van der Waals surface area contributed by atoms with Crippen molar-refractivity contribution in [2.24, 2.45) is 5.73 Å². The molecule has 1 aromatic carbocycles. The maximum atomic E-state index is 9.57. The topological polar surface area (TPSA) is 59.1 Å². The van der Waals surface area contributed by atoms with Crippen molar-refractivity contribution in [1.82, 2.24) is 4.98 Å². The lowest BCUT2D eigenvalue weighted by molar-refractivity contribution is 0.479. The summed E-state index contributed by atoms with van der Waals surface area (Å²) in [6, 6.07) is 7.32. The van der Waals surface area contributed by atoms with E-state index in [0.717, 1.165) is 10.9 Å². The third kappa shape index (κ3) is 1.34. The van der Waals surface area contributed by atoms with Gasteiger partial charge in [-0.15, -0.1) is 0 Å². The molecule has 0 amide bonds. The van der Waals surface area contributed by atoms with Crippen LogP contribution in [0.5, 0.6) is 5.75 Å². The zero-order chi connectivity index (χ0) is 9.26. The molecular weight excluding hydrogens is 164 g/mol. The molecule has 0 fully saturated rings. The maximum Gasteiger partial charge on any atom is 0.142 e. The fourth-order valence-electron chi connectivity index (χ4n) is 1.35. The number of aromatic hydroxyl groups is 1. The van der Waals surface area contributed by atoms with Gasteiger partial charge in [-0.25, -0.2) is 0 Å². The van der Waals surface area contributed by atoms with E-state index in [1.165, 1.54) is 0 Å². The van der Waals surface area contributed by atoms with Crippen molar-refractivity contribution >= 4 is 10.9 Å². The molecule has 0 atom stereocenters. The molecule has 0 bridgehead atoms. The van der Waals surface area contributed by atoms with Gasteiger partial charge in [0.25, 0.3) is 0 Å². The largest absolute Gasteiger partial charge is 0.506 e. The molecule has 0 aliphatic rings. The molecule has 2 rings (SSSR count). The van der Waals surface area contributed by atoms with E-state index < -0.39 is 0 Å². The van der Waals surface area contributed by atoms with Crippen LogP contribution in [0.2, 0.25) is 0 Å². The Hall–Kier alpha value is -1.61. The predicted octanol–water partition coefficient (Wildman–Crippen LogP) is 1.40. The Morgan fingerprint density at radius 1 is 1.38 bits per heavy atom. The summed E-state index contributed by atoms with van der Waals surface area (Å²) in [6.07, 6.45) is 1.66. The van der Waals surface area contributed by atoms with Gasteiger partial charge < -0.3 is 10.8 Å². The molecule has 1 heterocycles. The fourth-order valence-corrected chi connectivity index (χ4v) is 1.35. The summed E-state index contributed by atoms with van der Waals surface area (Å²) in [5.41, 5.74) is 7.02. The summed E-state index contributed by atoms with van der Waals surface area (Å²) < 4.78 is 0. The lowest BCUT2D eigenvalue weighted by Crippen LogP contribution is -1.95. The number of nitrogens with zero attached hydrogens (tertiary/aromatic N) is 1. The van der Waals surface area contributed by atoms with Gasteiger partial charge in [0.15, 0.2) is 0 Å². The zero-order valence-corrected chi connectivity index (χ0v) is 7.07. The Labute approximate surface area is 75.8 Å². The van der Waals surface area contributed by atoms with Gasteiger partial charge in [0.05, 0.1) is 0 Å². The third-order valence-corrected chi connectivity index (χ3v) is 1.98. The molecule has 0 unspecified atom stereocenters. The first-order chi connectivity index (χ1) is 6.31. The second-order valence-corrected chi connectivity index (χ2v) is 2.89. The van der Waals surface area contributed by atoms with Crippen molar-refractivity contribution in [3.8, 4) is 5.75 Å². The van der Waals surface area contributed by atoms with Gasteiger partial charge in [-0.1, -0.05) is 6.07 Å². The van der Waals surface area contributed by atoms with E-state index in [0.29, 0.717) is 12.1 Å². The highest BCUT2D eigenvalue weighted by Gasteiger charge is 2.01. The standard InChI is InChI=1S/C10H10N2O/c11-6-7-4-8-2-1-3-12-10(8)9(13)5-7/h1-5,13H,6,11H2. The van der Waals surface area contributed by atoms with Crippen LogP contribution in [0.3, 0.4) is 0 Å². The highest BCUT2D eigenvalue weighted by atomic mass is 16.3. The van der Waals surface area contributed by atoms with Crippen LogP contribution < -0.4 is 5.73 Å². The fraction of sp³-hybridized carbons (Fsp3) is 0.100. The maximum absolute atomic E-state index is 9.57. The number of phenolic OH excluding ortho intramolecular Hbond substituents is 1. The van der Waals surface area contributed by atoms with Crippen molar-refractivity contribution in [2.75, 3.05) is 0 Å². The number of pyridine rings is 1. The van der Waals surface area contributed by atoms with Crippen LogP contribution in [0.1, 0.15) is 5.56 Å². The lowest BCUT2D eigenvalue weighted by Gasteiger charge is -2.02. The number of benzene rings is 1. The van der Waals surface area contributed by atoms with Crippen molar-refractivity contribution in [3.05, 3.63) is 36.0 Å². The Kier molecular flexibility index (Phi) is 1.87. The van der Waals surface area contributed by atoms with Gasteiger partial charge >= 0.3 is 0 Å². The van der Waals surface area contributed by atoms with Gasteiger partial charge in [0, 0.05) is 18.1 Å². The number of phenols is 1. The van der Waals surface area contributed by atoms with Gasteiger partial charge in [-0.3, -0.25) is 4.98 Å². The Morgan fingerprint density at radius 2 is 2.23 bits per heavy atom. The highest BCUT2D eigenvalue weighted by molar-refractivity contribution is 5.84. The predicted molar refractivity (Wildman–Crippen MR) is 51.3 cm³/mol. The molecule has 0 radical (unpaired) electrons. The van der Waals surface area contributed by atoms with Crippen LogP contribution in [0.25, 0.3) is 10.9 Å². The van der Waals surface area contributed by atoms with Crippen molar-refractivity contribution in [1.29, 1.82) is 0 Å². The van der Waals surface area contributed by atoms with E-state index in [1.807, 2.05) is 18.2 Å². The van der Waals surface area contributed by atoms with E-state index in [9.17, 15) is 5.11 Å². The van der Waals surface area contributed by atoms with Crippen molar-refractivity contribution in [3.63, 3.8) is 0 Å². The molecule has 3 nitrogen and oxygen atoms in total. The molecule has 0 aliphatic carbocycles. The first-order valence-corrected chi connectivity index (χ1v) is 4.08. The van der Waals surface area contributed by atoms with Crippen LogP contribution in [-0.2, 0) is 6.54 Å². The summed E-state index contributed by atoms with van der Waals surface area (Å²) in [4.78, 5) is 4.07. The van der Waals surface area contributed by atoms with E-state index in [2.05, 4.69) is 4.98 Å². The van der Waals surface area contributed by atoms with E-state index in [1.54, 1.807) is 12.3 Å². The number of hydrogen-bond donors (Lipinski definition) is 2. The monoisotopic (exact) mass is 174 g/mol. The average Bonchev–Trinajstić information content (AvgIpc) is 2.18. The molecule has 0 saturated heterocycles. The van der Waals surface area contributed by atoms with E-state index in [-0.39, 0.29) is 5.75 Å². The van der Waals surface area contributed by atoms with Gasteiger partial charge in [-0.2, -0.15) is 0 Å². The van der Waals surface area contributed by atoms with Gasteiger partial charge in [0.1, 0.15) is 11.3 Å². The number of rotatable bonds is 1. The Bertz CT molecular complexity index is 440. The van der Waals surface area contributed by atoms with Crippen molar-refractivity contribution in [2.45, 2.75) is 6.54 Å². The molecule has 0 spiro atoms. The van der Waals surface area contributed by atoms with Crippen LogP contribution in [-0.4, -0.2) is 10.1 Å². The Balaban J connectivity index is 2.77. The minimum Gasteiger partial charge on any atom is -0.506 e. The first-order valence-electron chi connectivity index (χ1n) is 4.08. The smallest absolute Gasteiger partial charge is 0.142 e. The number of fused-ring (bicyclic) bond motifs is 1. The number of hydrogen-bond acceptors (Lipinski definition) is 3. The van der Waals surface area contributed by atoms with E-state index in [4.69, 9.17) is 5.73 Å². The van der Waals surface area contributed by atoms with Crippen molar-refractivity contribution < 1.29 is 5.11 Å². The minimum atomic E-state index is 0.193. The molecular formula is C10H10N2O. The van der Waals surface area contributed by atoms with Gasteiger partial charge in [-0.05, 0) is 23.8 Å². The summed E-state index contributed by atoms with van der Waals surface area (Å²) in [6.45, 7) is 0.429. The van der Waals surface area contributed by atoms with Crippen LogP contribution in [0, 0.1) is 0 Å². The minimum absolute atomic E-state index is 0.193. The lowest BCUT2D eigenvalue weighted by atomic mass is 10.1. The second kappa shape index (κ2) is 3.03. The zero-order valence-electron chi connectivity index (χ0n) is 7.07. The average molecular weight is 174 g/mol. The highest BCUT2D eigenvalue weighted by Crippen LogP contribution is 2.23. The third-order valence-electron chi connectivity index (χ3n) is 1.98. The molecule has 2 aromatic rings. The van der Waals surface area contributed by atoms with Crippen LogP contribution in [0.15, 0.2) is 30.5 Å².